The second-order valence-corrected chi connectivity index (χ2v) is 6.64. The Bertz CT molecular complexity index is 482. The maximum Gasteiger partial charge on any atom is 0.321 e. The molecular formula is C10H15ClN2O3S. The predicted octanol–water partition coefficient (Wildman–Crippen LogP) is 1.49. The van der Waals surface area contributed by atoms with Crippen molar-refractivity contribution in [2.24, 2.45) is 7.05 Å². The lowest BCUT2D eigenvalue weighted by Gasteiger charge is -2.18. The molecule has 0 radical (unpaired) electrons. The van der Waals surface area contributed by atoms with Crippen LogP contribution in [0.2, 0.25) is 5.15 Å². The Labute approximate surface area is 107 Å². The molecule has 5 nitrogen and oxygen atoms in total. The van der Waals surface area contributed by atoms with E-state index in [4.69, 9.17) is 16.7 Å². The summed E-state index contributed by atoms with van der Waals surface area (Å²) in [6, 6.07) is 0. The van der Waals surface area contributed by atoms with Gasteiger partial charge in [-0.3, -0.25) is 13.7 Å². The Hall–Kier alpha value is -0.880. The summed E-state index contributed by atoms with van der Waals surface area (Å²) in [6.45, 7) is 4.63. The Morgan fingerprint density at radius 1 is 1.59 bits per heavy atom. The van der Waals surface area contributed by atoms with Crippen LogP contribution in [0.15, 0.2) is 0 Å². The van der Waals surface area contributed by atoms with Crippen LogP contribution >= 0.6 is 11.6 Å². The van der Waals surface area contributed by atoms with E-state index < -0.39 is 21.5 Å². The lowest BCUT2D eigenvalue weighted by atomic mass is 10.2. The van der Waals surface area contributed by atoms with Crippen molar-refractivity contribution in [2.75, 3.05) is 0 Å². The van der Waals surface area contributed by atoms with Gasteiger partial charge in [0.1, 0.15) is 9.90 Å². The standard InChI is InChI=1S/C10H15ClN2O3S/c1-6-7(8(11)13(4)12-6)5-17(16)10(2,3)9(14)15/h5H2,1-4H3,(H,14,15). The minimum atomic E-state index is -1.56. The van der Waals surface area contributed by atoms with Gasteiger partial charge in [-0.15, -0.1) is 0 Å². The van der Waals surface area contributed by atoms with Crippen LogP contribution in [0, 0.1) is 6.92 Å². The van der Waals surface area contributed by atoms with Crippen molar-refractivity contribution in [3.63, 3.8) is 0 Å². The monoisotopic (exact) mass is 278 g/mol. The van der Waals surface area contributed by atoms with Gasteiger partial charge >= 0.3 is 5.97 Å². The summed E-state index contributed by atoms with van der Waals surface area (Å²) in [7, 11) is 0.129. The summed E-state index contributed by atoms with van der Waals surface area (Å²) in [5, 5.41) is 13.5. The highest BCUT2D eigenvalue weighted by atomic mass is 35.5. The van der Waals surface area contributed by atoms with Gasteiger partial charge in [-0.2, -0.15) is 5.10 Å². The van der Waals surface area contributed by atoms with E-state index in [1.54, 1.807) is 14.0 Å². The fraction of sp³-hybridized carbons (Fsp3) is 0.600. The van der Waals surface area contributed by atoms with Crippen molar-refractivity contribution in [1.82, 2.24) is 9.78 Å². The zero-order valence-electron chi connectivity index (χ0n) is 10.2. The topological polar surface area (TPSA) is 72.2 Å². The van der Waals surface area contributed by atoms with E-state index in [0.717, 1.165) is 0 Å². The first-order chi connectivity index (χ1) is 7.67. The number of hydrogen-bond donors (Lipinski definition) is 1. The van der Waals surface area contributed by atoms with Crippen molar-refractivity contribution >= 4 is 28.4 Å². The van der Waals surface area contributed by atoms with Crippen molar-refractivity contribution < 1.29 is 14.1 Å². The Kier molecular flexibility index (Phi) is 3.99. The third-order valence-corrected chi connectivity index (χ3v) is 4.97. The highest BCUT2D eigenvalue weighted by Gasteiger charge is 2.35. The molecule has 0 aliphatic rings. The number of carboxylic acids is 1. The van der Waals surface area contributed by atoms with Gasteiger partial charge in [0, 0.05) is 23.4 Å². The smallest absolute Gasteiger partial charge is 0.321 e. The van der Waals surface area contributed by atoms with E-state index in [1.807, 2.05) is 0 Å². The summed E-state index contributed by atoms with van der Waals surface area (Å²) in [6.07, 6.45) is 0. The Balaban J connectivity index is 3.00. The molecule has 1 N–H and O–H groups in total. The average molecular weight is 279 g/mol. The molecule has 1 rings (SSSR count). The number of nitrogens with zero attached hydrogens (tertiary/aromatic N) is 2. The van der Waals surface area contributed by atoms with E-state index in [0.29, 0.717) is 16.4 Å². The molecule has 17 heavy (non-hydrogen) atoms. The normalized spacial score (nSPS) is 13.7. The lowest BCUT2D eigenvalue weighted by molar-refractivity contribution is -0.139. The van der Waals surface area contributed by atoms with E-state index in [2.05, 4.69) is 5.10 Å². The van der Waals surface area contributed by atoms with Crippen molar-refractivity contribution in [3.8, 4) is 0 Å². The molecule has 0 spiro atoms. The molecule has 0 amide bonds. The van der Waals surface area contributed by atoms with Crippen LogP contribution in [-0.2, 0) is 28.4 Å². The van der Waals surface area contributed by atoms with Gasteiger partial charge in [0.2, 0.25) is 0 Å². The number of carboxylic acid groups (broad SMARTS) is 1. The second-order valence-electron chi connectivity index (χ2n) is 4.28. The zero-order valence-corrected chi connectivity index (χ0v) is 11.7. The first-order valence-electron chi connectivity index (χ1n) is 4.97. The number of aliphatic carboxylic acids is 1. The van der Waals surface area contributed by atoms with Crippen LogP contribution in [0.1, 0.15) is 25.1 Å². The predicted molar refractivity (Wildman–Crippen MR) is 66.5 cm³/mol. The SMILES string of the molecule is Cc1nn(C)c(Cl)c1CS(=O)C(C)(C)C(=O)O. The van der Waals surface area contributed by atoms with Crippen LogP contribution in [0.3, 0.4) is 0 Å². The fourth-order valence-corrected chi connectivity index (χ4v) is 2.73. The average Bonchev–Trinajstić information content (AvgIpc) is 2.44. The number of aryl methyl sites for hydroxylation is 2. The third-order valence-electron chi connectivity index (χ3n) is 2.63. The number of carbonyl (C=O) groups is 1. The summed E-state index contributed by atoms with van der Waals surface area (Å²) >= 11 is 6.01. The maximum absolute atomic E-state index is 12.0. The largest absolute Gasteiger partial charge is 0.480 e. The van der Waals surface area contributed by atoms with Crippen LogP contribution in [0.5, 0.6) is 0 Å². The van der Waals surface area contributed by atoms with E-state index in [9.17, 15) is 9.00 Å². The van der Waals surface area contributed by atoms with Crippen LogP contribution in [-0.4, -0.2) is 29.8 Å². The molecular weight excluding hydrogens is 264 g/mol. The number of rotatable bonds is 4. The van der Waals surface area contributed by atoms with Crippen LogP contribution in [0.25, 0.3) is 0 Å². The Morgan fingerprint density at radius 3 is 2.47 bits per heavy atom. The van der Waals surface area contributed by atoms with Gasteiger partial charge in [0.15, 0.2) is 0 Å². The quantitative estimate of drug-likeness (QED) is 0.906. The zero-order chi connectivity index (χ0) is 13.4. The second kappa shape index (κ2) is 4.78. The highest BCUT2D eigenvalue weighted by molar-refractivity contribution is 7.86. The molecule has 1 atom stereocenters. The van der Waals surface area contributed by atoms with Gasteiger partial charge in [-0.1, -0.05) is 11.6 Å². The molecule has 1 unspecified atom stereocenters. The van der Waals surface area contributed by atoms with E-state index in [-0.39, 0.29) is 5.75 Å². The van der Waals surface area contributed by atoms with Crippen LogP contribution < -0.4 is 0 Å². The molecule has 7 heteroatoms. The molecule has 0 aliphatic carbocycles. The van der Waals surface area contributed by atoms with Crippen molar-refractivity contribution in [2.45, 2.75) is 31.3 Å². The molecule has 0 aromatic carbocycles. The molecule has 1 heterocycles. The fourth-order valence-electron chi connectivity index (χ4n) is 1.25. The molecule has 0 fully saturated rings. The van der Waals surface area contributed by atoms with E-state index in [1.165, 1.54) is 18.5 Å². The third kappa shape index (κ3) is 2.69. The number of aromatic nitrogens is 2. The summed E-state index contributed by atoms with van der Waals surface area (Å²) < 4.78 is 12.2. The van der Waals surface area contributed by atoms with Gasteiger partial charge < -0.3 is 5.11 Å². The van der Waals surface area contributed by atoms with Gasteiger partial charge in [0.05, 0.1) is 11.4 Å². The lowest BCUT2D eigenvalue weighted by Crippen LogP contribution is -2.37. The number of hydrogen-bond acceptors (Lipinski definition) is 3. The van der Waals surface area contributed by atoms with Gasteiger partial charge in [0.25, 0.3) is 0 Å². The first-order valence-corrected chi connectivity index (χ1v) is 6.67. The van der Waals surface area contributed by atoms with Crippen molar-refractivity contribution in [1.29, 1.82) is 0 Å². The molecule has 1 aromatic heterocycles. The number of halogens is 1. The maximum atomic E-state index is 12.0. The summed E-state index contributed by atoms with van der Waals surface area (Å²) in [5.41, 5.74) is 1.31. The highest BCUT2D eigenvalue weighted by Crippen LogP contribution is 2.24. The van der Waals surface area contributed by atoms with Gasteiger partial charge in [-0.05, 0) is 20.8 Å². The minimum Gasteiger partial charge on any atom is -0.480 e. The molecule has 1 aromatic rings. The molecule has 0 bridgehead atoms. The minimum absolute atomic E-state index is 0.0950. The summed E-state index contributed by atoms with van der Waals surface area (Å²) in [4.78, 5) is 11.0. The molecule has 0 aliphatic heterocycles. The van der Waals surface area contributed by atoms with Gasteiger partial charge in [-0.25, -0.2) is 0 Å². The molecule has 0 saturated heterocycles. The molecule has 96 valence electrons. The Morgan fingerprint density at radius 2 is 2.12 bits per heavy atom. The van der Waals surface area contributed by atoms with E-state index >= 15 is 0 Å². The summed E-state index contributed by atoms with van der Waals surface area (Å²) in [5.74, 6) is -0.994. The van der Waals surface area contributed by atoms with Crippen LogP contribution in [0.4, 0.5) is 0 Å². The first kappa shape index (κ1) is 14.2. The van der Waals surface area contributed by atoms with Crippen molar-refractivity contribution in [3.05, 3.63) is 16.4 Å². The molecule has 0 saturated carbocycles.